The van der Waals surface area contributed by atoms with Crippen LogP contribution in [0.2, 0.25) is 0 Å². The summed E-state index contributed by atoms with van der Waals surface area (Å²) >= 11 is 0. The molecule has 5 heteroatoms. The lowest BCUT2D eigenvalue weighted by molar-refractivity contribution is -0.130. The number of amides is 2. The number of rotatable bonds is 6. The quantitative estimate of drug-likeness (QED) is 0.680. The van der Waals surface area contributed by atoms with Gasteiger partial charge in [0.05, 0.1) is 6.54 Å². The van der Waals surface area contributed by atoms with Crippen molar-refractivity contribution < 1.29 is 9.59 Å². The molecule has 104 valence electrons. The van der Waals surface area contributed by atoms with Crippen LogP contribution in [0.25, 0.3) is 0 Å². The molecule has 1 fully saturated rings. The minimum Gasteiger partial charge on any atom is -0.356 e. The zero-order valence-electron chi connectivity index (χ0n) is 11.3. The Kier molecular flexibility index (Phi) is 7.41. The van der Waals surface area contributed by atoms with E-state index in [4.69, 9.17) is 0 Å². The van der Waals surface area contributed by atoms with Crippen LogP contribution in [0.5, 0.6) is 0 Å². The van der Waals surface area contributed by atoms with Gasteiger partial charge in [0.1, 0.15) is 0 Å². The maximum absolute atomic E-state index is 11.9. The Balaban J connectivity index is 2.10. The summed E-state index contributed by atoms with van der Waals surface area (Å²) in [6, 6.07) is 0. The minimum atomic E-state index is 0.0345. The van der Waals surface area contributed by atoms with Crippen molar-refractivity contribution in [1.82, 2.24) is 15.5 Å². The summed E-state index contributed by atoms with van der Waals surface area (Å²) in [6.07, 6.45) is 5.12. The molecule has 0 aromatic rings. The first-order chi connectivity index (χ1) is 8.74. The predicted octanol–water partition coefficient (Wildman–Crippen LogP) is 0.505. The van der Waals surface area contributed by atoms with Crippen molar-refractivity contribution in [2.24, 2.45) is 0 Å². The molecular formula is C13H25N3O2. The second-order valence-corrected chi connectivity index (χ2v) is 4.68. The monoisotopic (exact) mass is 255 g/mol. The summed E-state index contributed by atoms with van der Waals surface area (Å²) in [6.45, 7) is 5.23. The summed E-state index contributed by atoms with van der Waals surface area (Å²) in [7, 11) is 0. The van der Waals surface area contributed by atoms with Crippen molar-refractivity contribution in [3.63, 3.8) is 0 Å². The van der Waals surface area contributed by atoms with E-state index in [-0.39, 0.29) is 11.8 Å². The highest BCUT2D eigenvalue weighted by molar-refractivity contribution is 5.78. The Bertz CT molecular complexity index is 261. The van der Waals surface area contributed by atoms with E-state index in [1.54, 1.807) is 0 Å². The smallest absolute Gasteiger partial charge is 0.236 e. The molecule has 0 spiro atoms. The number of carbonyl (C=O) groups excluding carboxylic acids is 2. The van der Waals surface area contributed by atoms with Gasteiger partial charge in [-0.2, -0.15) is 0 Å². The largest absolute Gasteiger partial charge is 0.356 e. The third kappa shape index (κ3) is 6.00. The molecule has 0 radical (unpaired) electrons. The molecule has 0 bridgehead atoms. The third-order valence-electron chi connectivity index (χ3n) is 3.14. The fourth-order valence-electron chi connectivity index (χ4n) is 2.11. The van der Waals surface area contributed by atoms with Crippen LogP contribution in [0.3, 0.4) is 0 Å². The number of likely N-dealkylation sites (tertiary alicyclic amines) is 1. The number of carbonyl (C=O) groups is 2. The van der Waals surface area contributed by atoms with E-state index >= 15 is 0 Å². The van der Waals surface area contributed by atoms with Gasteiger partial charge in [-0.25, -0.2) is 0 Å². The van der Waals surface area contributed by atoms with Crippen LogP contribution in [0, 0.1) is 0 Å². The van der Waals surface area contributed by atoms with E-state index in [1.807, 2.05) is 11.8 Å². The molecule has 0 unspecified atom stereocenters. The lowest BCUT2D eigenvalue weighted by atomic mass is 10.2. The van der Waals surface area contributed by atoms with Gasteiger partial charge in [-0.15, -0.1) is 0 Å². The fraction of sp³-hybridized carbons (Fsp3) is 0.846. The first kappa shape index (κ1) is 15.0. The zero-order valence-corrected chi connectivity index (χ0v) is 11.3. The molecule has 18 heavy (non-hydrogen) atoms. The van der Waals surface area contributed by atoms with Gasteiger partial charge in [0, 0.05) is 32.6 Å². The van der Waals surface area contributed by atoms with Crippen molar-refractivity contribution in [3.8, 4) is 0 Å². The molecule has 0 aromatic heterocycles. The first-order valence-corrected chi connectivity index (χ1v) is 6.99. The van der Waals surface area contributed by atoms with Gasteiger partial charge in [0.25, 0.3) is 0 Å². The van der Waals surface area contributed by atoms with E-state index in [2.05, 4.69) is 10.6 Å². The Hall–Kier alpha value is -1.10. The molecule has 5 nitrogen and oxygen atoms in total. The lowest BCUT2D eigenvalue weighted by Crippen LogP contribution is -2.39. The van der Waals surface area contributed by atoms with Crippen molar-refractivity contribution in [2.45, 2.75) is 39.0 Å². The molecular weight excluding hydrogens is 230 g/mol. The Morgan fingerprint density at radius 1 is 1.11 bits per heavy atom. The lowest BCUT2D eigenvalue weighted by Gasteiger charge is -2.20. The van der Waals surface area contributed by atoms with E-state index in [1.165, 1.54) is 12.8 Å². The SMILES string of the molecule is CCNC(=O)CCNCC(=O)N1CCCCCC1. The van der Waals surface area contributed by atoms with Gasteiger partial charge < -0.3 is 15.5 Å². The zero-order chi connectivity index (χ0) is 13.2. The van der Waals surface area contributed by atoms with Gasteiger partial charge in [-0.3, -0.25) is 9.59 Å². The Morgan fingerprint density at radius 3 is 2.39 bits per heavy atom. The van der Waals surface area contributed by atoms with Crippen LogP contribution in [0.1, 0.15) is 39.0 Å². The molecule has 1 saturated heterocycles. The van der Waals surface area contributed by atoms with E-state index in [0.29, 0.717) is 26.1 Å². The average Bonchev–Trinajstić information content (AvgIpc) is 2.63. The molecule has 0 aromatic carbocycles. The van der Waals surface area contributed by atoms with Crippen LogP contribution in [0.15, 0.2) is 0 Å². The number of hydrogen-bond donors (Lipinski definition) is 2. The van der Waals surface area contributed by atoms with E-state index in [9.17, 15) is 9.59 Å². The normalized spacial score (nSPS) is 16.2. The Morgan fingerprint density at radius 2 is 1.78 bits per heavy atom. The summed E-state index contributed by atoms with van der Waals surface area (Å²) in [4.78, 5) is 25.0. The number of nitrogens with zero attached hydrogens (tertiary/aromatic N) is 1. The highest BCUT2D eigenvalue weighted by Crippen LogP contribution is 2.09. The van der Waals surface area contributed by atoms with Crippen LogP contribution in [-0.4, -0.2) is 49.4 Å². The molecule has 2 amide bonds. The van der Waals surface area contributed by atoms with Gasteiger partial charge in [0.15, 0.2) is 0 Å². The van der Waals surface area contributed by atoms with Crippen LogP contribution in [-0.2, 0) is 9.59 Å². The standard InChI is InChI=1S/C13H25N3O2/c1-2-15-12(17)7-8-14-11-13(18)16-9-5-3-4-6-10-16/h14H,2-11H2,1H3,(H,15,17). The maximum Gasteiger partial charge on any atom is 0.236 e. The fourth-order valence-corrected chi connectivity index (χ4v) is 2.11. The number of hydrogen-bond acceptors (Lipinski definition) is 3. The second kappa shape index (κ2) is 8.91. The molecule has 1 rings (SSSR count). The molecule has 1 aliphatic rings. The van der Waals surface area contributed by atoms with Gasteiger partial charge in [-0.05, 0) is 19.8 Å². The van der Waals surface area contributed by atoms with Crippen molar-refractivity contribution >= 4 is 11.8 Å². The molecule has 1 heterocycles. The highest BCUT2D eigenvalue weighted by atomic mass is 16.2. The summed E-state index contributed by atoms with van der Waals surface area (Å²) in [5.74, 6) is 0.194. The minimum absolute atomic E-state index is 0.0345. The Labute approximate surface area is 109 Å². The summed E-state index contributed by atoms with van der Waals surface area (Å²) < 4.78 is 0. The van der Waals surface area contributed by atoms with E-state index < -0.39 is 0 Å². The molecule has 0 saturated carbocycles. The van der Waals surface area contributed by atoms with Gasteiger partial charge in [0.2, 0.25) is 11.8 Å². The molecule has 2 N–H and O–H groups in total. The second-order valence-electron chi connectivity index (χ2n) is 4.68. The summed E-state index contributed by atoms with van der Waals surface area (Å²) in [5.41, 5.74) is 0. The van der Waals surface area contributed by atoms with Gasteiger partial charge >= 0.3 is 0 Å². The topological polar surface area (TPSA) is 61.4 Å². The third-order valence-corrected chi connectivity index (χ3v) is 3.14. The number of nitrogens with one attached hydrogen (secondary N) is 2. The summed E-state index contributed by atoms with van der Waals surface area (Å²) in [5, 5.41) is 5.77. The molecule has 0 aliphatic carbocycles. The maximum atomic E-state index is 11.9. The van der Waals surface area contributed by atoms with Crippen molar-refractivity contribution in [3.05, 3.63) is 0 Å². The van der Waals surface area contributed by atoms with Gasteiger partial charge in [-0.1, -0.05) is 12.8 Å². The van der Waals surface area contributed by atoms with E-state index in [0.717, 1.165) is 25.9 Å². The van der Waals surface area contributed by atoms with Crippen molar-refractivity contribution in [1.29, 1.82) is 0 Å². The highest BCUT2D eigenvalue weighted by Gasteiger charge is 2.14. The predicted molar refractivity (Wildman–Crippen MR) is 71.2 cm³/mol. The molecule has 0 atom stereocenters. The van der Waals surface area contributed by atoms with Crippen molar-refractivity contribution in [2.75, 3.05) is 32.7 Å². The average molecular weight is 255 g/mol. The van der Waals surface area contributed by atoms with Crippen LogP contribution < -0.4 is 10.6 Å². The van der Waals surface area contributed by atoms with Crippen LogP contribution in [0.4, 0.5) is 0 Å². The van der Waals surface area contributed by atoms with Crippen LogP contribution >= 0.6 is 0 Å². The first-order valence-electron chi connectivity index (χ1n) is 6.99. The molecule has 1 aliphatic heterocycles.